The van der Waals surface area contributed by atoms with Gasteiger partial charge in [0.1, 0.15) is 23.4 Å². The van der Waals surface area contributed by atoms with Gasteiger partial charge in [-0.25, -0.2) is 18.6 Å². The smallest absolute Gasteiger partial charge is 0.337 e. The molecule has 9 nitrogen and oxygen atoms in total. The van der Waals surface area contributed by atoms with E-state index in [1.165, 1.54) is 22.6 Å². The zero-order valence-corrected chi connectivity index (χ0v) is 21.9. The molecule has 1 fully saturated rings. The largest absolute Gasteiger partial charge is 0.478 e. The van der Waals surface area contributed by atoms with Gasteiger partial charge in [-0.15, -0.1) is 0 Å². The van der Waals surface area contributed by atoms with Crippen LogP contribution < -0.4 is 20.7 Å². The number of hydrogen-bond acceptors (Lipinski definition) is 7. The van der Waals surface area contributed by atoms with Crippen molar-refractivity contribution in [1.82, 2.24) is 9.38 Å². The number of fused-ring (bicyclic) bond motifs is 1. The lowest BCUT2D eigenvalue weighted by Crippen LogP contribution is -2.48. The Kier molecular flexibility index (Phi) is 7.09. The van der Waals surface area contributed by atoms with Crippen molar-refractivity contribution >= 4 is 28.8 Å². The summed E-state index contributed by atoms with van der Waals surface area (Å²) in [6.07, 6.45) is 1.62. The van der Waals surface area contributed by atoms with E-state index in [-0.39, 0.29) is 22.6 Å². The van der Waals surface area contributed by atoms with E-state index in [2.05, 4.69) is 5.32 Å². The predicted octanol–water partition coefficient (Wildman–Crippen LogP) is 4.35. The number of aromatic nitrogens is 2. The van der Waals surface area contributed by atoms with Crippen molar-refractivity contribution in [3.05, 3.63) is 99.0 Å². The summed E-state index contributed by atoms with van der Waals surface area (Å²) in [6.45, 7) is 5.12. The molecular formula is C29H26F2N6O3. The van der Waals surface area contributed by atoms with Crippen LogP contribution in [-0.4, -0.2) is 46.6 Å². The van der Waals surface area contributed by atoms with Crippen molar-refractivity contribution in [3.63, 3.8) is 0 Å². The number of para-hydroxylation sites is 1. The SMILES string of the molecule is Cc1cc([C@@H](C)Nc2ccccc2C(=O)O)c2nc(N3CCN(c4ccc(F)cc4F)CC3)c(C#N)c(=O)n2c1. The summed E-state index contributed by atoms with van der Waals surface area (Å²) < 4.78 is 29.1. The number of nitrogens with one attached hydrogen (secondary N) is 1. The molecule has 1 aliphatic heterocycles. The molecular weight excluding hydrogens is 518 g/mol. The standard InChI is InChI=1S/C29H26F2N6O3/c1-17-13-21(18(2)33-24-6-4-3-5-20(24)29(39)40)27-34-26(22(15-32)28(38)37(27)16-17)36-11-9-35(10-12-36)25-8-7-19(30)14-23(25)31/h3-8,13-14,16,18,33H,9-12H2,1-2H3,(H,39,40)/t18-/m1/s1. The normalized spacial score (nSPS) is 14.2. The number of piperazine rings is 1. The summed E-state index contributed by atoms with van der Waals surface area (Å²) in [5.74, 6) is -2.14. The van der Waals surface area contributed by atoms with E-state index < -0.39 is 29.2 Å². The van der Waals surface area contributed by atoms with Crippen LogP contribution in [0.3, 0.4) is 0 Å². The molecule has 0 aliphatic carbocycles. The minimum absolute atomic E-state index is 0.104. The van der Waals surface area contributed by atoms with Gasteiger partial charge in [0, 0.05) is 49.7 Å². The second kappa shape index (κ2) is 10.6. The summed E-state index contributed by atoms with van der Waals surface area (Å²) in [4.78, 5) is 33.6. The Balaban J connectivity index is 1.52. The first kappa shape index (κ1) is 26.6. The molecule has 1 aliphatic rings. The number of carboxylic acids is 1. The van der Waals surface area contributed by atoms with Gasteiger partial charge in [0.15, 0.2) is 11.4 Å². The molecule has 1 saturated heterocycles. The third kappa shape index (κ3) is 4.91. The molecule has 0 amide bonds. The molecule has 3 heterocycles. The van der Waals surface area contributed by atoms with Gasteiger partial charge in [-0.3, -0.25) is 9.20 Å². The number of carboxylic acid groups (broad SMARTS) is 1. The monoisotopic (exact) mass is 544 g/mol. The quantitative estimate of drug-likeness (QED) is 0.368. The van der Waals surface area contributed by atoms with Gasteiger partial charge in [-0.05, 0) is 49.7 Å². The maximum Gasteiger partial charge on any atom is 0.337 e. The van der Waals surface area contributed by atoms with Gasteiger partial charge < -0.3 is 20.2 Å². The lowest BCUT2D eigenvalue weighted by atomic mass is 10.1. The van der Waals surface area contributed by atoms with Gasteiger partial charge >= 0.3 is 5.97 Å². The van der Waals surface area contributed by atoms with Gasteiger partial charge in [-0.2, -0.15) is 5.26 Å². The highest BCUT2D eigenvalue weighted by Crippen LogP contribution is 2.28. The minimum Gasteiger partial charge on any atom is -0.478 e. The highest BCUT2D eigenvalue weighted by atomic mass is 19.1. The fourth-order valence-electron chi connectivity index (χ4n) is 5.05. The molecule has 4 aromatic rings. The number of pyridine rings is 1. The molecule has 2 aromatic carbocycles. The molecule has 2 aromatic heterocycles. The average molecular weight is 545 g/mol. The Bertz CT molecular complexity index is 1720. The van der Waals surface area contributed by atoms with Crippen LogP contribution in [0, 0.1) is 29.9 Å². The van der Waals surface area contributed by atoms with Crippen LogP contribution in [0.1, 0.15) is 40.0 Å². The number of aromatic carboxylic acids is 1. The van der Waals surface area contributed by atoms with E-state index in [1.807, 2.05) is 30.9 Å². The van der Waals surface area contributed by atoms with Crippen LogP contribution >= 0.6 is 0 Å². The minimum atomic E-state index is -1.07. The van der Waals surface area contributed by atoms with E-state index in [4.69, 9.17) is 4.98 Å². The molecule has 11 heteroatoms. The number of hydrogen-bond donors (Lipinski definition) is 2. The maximum absolute atomic E-state index is 14.3. The Hall–Kier alpha value is -4.98. The number of nitrogens with zero attached hydrogens (tertiary/aromatic N) is 5. The van der Waals surface area contributed by atoms with E-state index >= 15 is 0 Å². The van der Waals surface area contributed by atoms with Gasteiger partial charge in [0.25, 0.3) is 5.56 Å². The number of rotatable bonds is 6. The van der Waals surface area contributed by atoms with Crippen LogP contribution in [-0.2, 0) is 0 Å². The van der Waals surface area contributed by atoms with Crippen molar-refractivity contribution in [1.29, 1.82) is 5.26 Å². The first-order valence-corrected chi connectivity index (χ1v) is 12.7. The highest BCUT2D eigenvalue weighted by Gasteiger charge is 2.26. The molecule has 2 N–H and O–H groups in total. The number of carbonyl (C=O) groups is 1. The number of nitriles is 1. The van der Waals surface area contributed by atoms with Crippen LogP contribution in [0.5, 0.6) is 0 Å². The Morgan fingerprint density at radius 1 is 1.10 bits per heavy atom. The highest BCUT2D eigenvalue weighted by molar-refractivity contribution is 5.94. The first-order valence-electron chi connectivity index (χ1n) is 12.7. The molecule has 204 valence electrons. The Labute approximate surface area is 228 Å². The molecule has 5 rings (SSSR count). The zero-order chi connectivity index (χ0) is 28.6. The average Bonchev–Trinajstić information content (AvgIpc) is 2.93. The molecule has 0 spiro atoms. The van der Waals surface area contributed by atoms with Gasteiger partial charge in [-0.1, -0.05) is 12.1 Å². The number of benzene rings is 2. The van der Waals surface area contributed by atoms with Crippen LogP contribution in [0.2, 0.25) is 0 Å². The summed E-state index contributed by atoms with van der Waals surface area (Å²) >= 11 is 0. The lowest BCUT2D eigenvalue weighted by Gasteiger charge is -2.37. The van der Waals surface area contributed by atoms with Crippen molar-refractivity contribution < 1.29 is 18.7 Å². The lowest BCUT2D eigenvalue weighted by molar-refractivity contribution is 0.0698. The van der Waals surface area contributed by atoms with E-state index in [0.29, 0.717) is 43.1 Å². The third-order valence-electron chi connectivity index (χ3n) is 7.01. The zero-order valence-electron chi connectivity index (χ0n) is 21.9. The van der Waals surface area contributed by atoms with E-state index in [0.717, 1.165) is 11.6 Å². The molecule has 0 radical (unpaired) electrons. The van der Waals surface area contributed by atoms with Crippen LogP contribution in [0.4, 0.5) is 26.0 Å². The molecule has 40 heavy (non-hydrogen) atoms. The Morgan fingerprint density at radius 2 is 1.80 bits per heavy atom. The van der Waals surface area contributed by atoms with E-state index in [9.17, 15) is 28.7 Å². The fraction of sp³-hybridized carbons (Fsp3) is 0.241. The molecule has 0 saturated carbocycles. The molecule has 0 bridgehead atoms. The summed E-state index contributed by atoms with van der Waals surface area (Å²) in [7, 11) is 0. The maximum atomic E-state index is 14.3. The topological polar surface area (TPSA) is 114 Å². The second-order valence-electron chi connectivity index (χ2n) is 9.68. The van der Waals surface area contributed by atoms with Crippen molar-refractivity contribution in [2.24, 2.45) is 0 Å². The molecule has 1 atom stereocenters. The van der Waals surface area contributed by atoms with Crippen molar-refractivity contribution in [3.8, 4) is 6.07 Å². The summed E-state index contributed by atoms with van der Waals surface area (Å²) in [5, 5.41) is 22.7. The van der Waals surface area contributed by atoms with Gasteiger partial charge in [0.2, 0.25) is 0 Å². The number of anilines is 3. The van der Waals surface area contributed by atoms with Crippen LogP contribution in [0.25, 0.3) is 5.65 Å². The first-order chi connectivity index (χ1) is 19.2. The predicted molar refractivity (Wildman–Crippen MR) is 147 cm³/mol. The van der Waals surface area contributed by atoms with E-state index in [1.54, 1.807) is 29.3 Å². The number of aryl methyl sites for hydroxylation is 1. The second-order valence-corrected chi connectivity index (χ2v) is 9.68. The summed E-state index contributed by atoms with van der Waals surface area (Å²) in [5.41, 5.74) is 1.94. The molecule has 0 unspecified atom stereocenters. The van der Waals surface area contributed by atoms with Crippen molar-refractivity contribution in [2.45, 2.75) is 19.9 Å². The van der Waals surface area contributed by atoms with Crippen LogP contribution in [0.15, 0.2) is 59.5 Å². The van der Waals surface area contributed by atoms with Crippen molar-refractivity contribution in [2.75, 3.05) is 41.3 Å². The Morgan fingerprint density at radius 3 is 2.48 bits per heavy atom. The summed E-state index contributed by atoms with van der Waals surface area (Å²) in [6, 6.07) is 13.4. The van der Waals surface area contributed by atoms with Gasteiger partial charge in [0.05, 0.1) is 17.3 Å². The number of halogens is 2. The fourth-order valence-corrected chi connectivity index (χ4v) is 5.05. The third-order valence-corrected chi connectivity index (χ3v) is 7.01.